The Morgan fingerprint density at radius 3 is 2.20 bits per heavy atom. The first-order chi connectivity index (χ1) is 26.0. The average molecular weight is 776 g/mol. The monoisotopic (exact) mass is 775 g/mol. The van der Waals surface area contributed by atoms with E-state index in [4.69, 9.17) is 4.74 Å². The number of nitrogens with one attached hydrogen (secondary N) is 1. The number of aliphatic carboxylic acids is 1. The molecule has 2 atom stereocenters. The maximum Gasteiger partial charge on any atom is 0.306 e. The molecular weight excluding hydrogens is 728 g/mol. The summed E-state index contributed by atoms with van der Waals surface area (Å²) in [4.78, 5) is 35.7. The van der Waals surface area contributed by atoms with Gasteiger partial charge in [0.1, 0.15) is 11.4 Å². The van der Waals surface area contributed by atoms with E-state index >= 15 is 8.78 Å². The average Bonchev–Trinajstić information content (AvgIpc) is 3.48. The highest BCUT2D eigenvalue weighted by atomic mass is 19.3. The first-order valence-corrected chi connectivity index (χ1v) is 19.6. The molecule has 8 rings (SSSR count). The standard InChI is InChI=1S/C40H47F6N5O4/c1-38(41,42)34-31(36(52)48-25-15-22-12-23(16-25)14-24(13-22)37(53)54)18-47-35(49-34)32-19-51(27-8-10-39(43,44)11-9-27)33-17-29(6-7-30(32)33)55-28-4-2-26(3-5-28)50-20-40(45,46)21-50/h6-7,17-19,22-28H,2-5,8-16,20-21H2,1H3,(H,48,52)(H,53,54)/t22?,23?,24?,25?,26-,28-. The molecular formula is C40H47F6N5O4. The number of hydrogen-bond donors (Lipinski definition) is 2. The molecule has 2 aromatic heterocycles. The van der Waals surface area contributed by atoms with Crippen molar-refractivity contribution >= 4 is 22.8 Å². The fourth-order valence-electron chi connectivity index (χ4n) is 10.1. The third kappa shape index (κ3) is 8.04. The lowest BCUT2D eigenvalue weighted by Gasteiger charge is -2.46. The smallest absolute Gasteiger partial charge is 0.306 e. The van der Waals surface area contributed by atoms with Crippen LogP contribution in [0.2, 0.25) is 0 Å². The summed E-state index contributed by atoms with van der Waals surface area (Å²) in [7, 11) is 0. The number of alkyl halides is 6. The molecule has 5 fully saturated rings. The highest BCUT2D eigenvalue weighted by Gasteiger charge is 2.47. The van der Waals surface area contributed by atoms with Crippen LogP contribution in [0.4, 0.5) is 26.3 Å². The van der Waals surface area contributed by atoms with E-state index in [0.717, 1.165) is 25.5 Å². The quantitative estimate of drug-likeness (QED) is 0.210. The molecule has 0 radical (unpaired) electrons. The number of carboxylic acids is 1. The van der Waals surface area contributed by atoms with E-state index in [1.54, 1.807) is 18.3 Å². The van der Waals surface area contributed by atoms with E-state index in [1.165, 1.54) is 0 Å². The number of carboxylic acid groups (broad SMARTS) is 1. The number of nitrogens with zero attached hydrogens (tertiary/aromatic N) is 4. The highest BCUT2D eigenvalue weighted by Crippen LogP contribution is 2.45. The zero-order valence-corrected chi connectivity index (χ0v) is 30.8. The predicted octanol–water partition coefficient (Wildman–Crippen LogP) is 8.61. The van der Waals surface area contributed by atoms with Gasteiger partial charge in [0.2, 0.25) is 5.92 Å². The first-order valence-electron chi connectivity index (χ1n) is 19.6. The van der Waals surface area contributed by atoms with Crippen molar-refractivity contribution in [2.75, 3.05) is 13.1 Å². The number of aromatic nitrogens is 3. The van der Waals surface area contributed by atoms with Crippen LogP contribution in [0.5, 0.6) is 5.75 Å². The maximum atomic E-state index is 15.3. The van der Waals surface area contributed by atoms with Crippen LogP contribution in [0, 0.1) is 17.8 Å². The second-order valence-electron chi connectivity index (χ2n) is 17.0. The van der Waals surface area contributed by atoms with Crippen molar-refractivity contribution in [2.24, 2.45) is 17.8 Å². The van der Waals surface area contributed by atoms with Crippen LogP contribution in [-0.2, 0) is 10.7 Å². The lowest BCUT2D eigenvalue weighted by atomic mass is 9.66. The third-order valence-electron chi connectivity index (χ3n) is 12.7. The number of hydrogen-bond acceptors (Lipinski definition) is 6. The Labute approximate surface area is 315 Å². The molecule has 1 aromatic carbocycles. The maximum absolute atomic E-state index is 15.3. The predicted molar refractivity (Wildman–Crippen MR) is 191 cm³/mol. The Morgan fingerprint density at radius 1 is 0.909 bits per heavy atom. The topological polar surface area (TPSA) is 110 Å². The zero-order valence-electron chi connectivity index (χ0n) is 30.8. The lowest BCUT2D eigenvalue weighted by molar-refractivity contribution is -0.151. The van der Waals surface area contributed by atoms with Crippen molar-refractivity contribution < 1.29 is 45.8 Å². The summed E-state index contributed by atoms with van der Waals surface area (Å²) in [6, 6.07) is 4.89. The molecule has 2 N–H and O–H groups in total. The van der Waals surface area contributed by atoms with Gasteiger partial charge >= 0.3 is 5.97 Å². The van der Waals surface area contributed by atoms with Gasteiger partial charge in [-0.25, -0.2) is 27.5 Å². The number of ether oxygens (including phenoxy) is 1. The number of rotatable bonds is 9. The molecule has 9 nitrogen and oxygen atoms in total. The van der Waals surface area contributed by atoms with Crippen molar-refractivity contribution in [3.05, 3.63) is 41.9 Å². The van der Waals surface area contributed by atoms with Crippen LogP contribution in [0.1, 0.15) is 112 Å². The molecule has 3 aromatic rings. The Balaban J connectivity index is 1.05. The van der Waals surface area contributed by atoms with Gasteiger partial charge in [0.25, 0.3) is 17.8 Å². The Hall–Kier alpha value is -3.88. The number of fused-ring (bicyclic) bond motifs is 3. The Kier molecular flexibility index (Phi) is 9.85. The van der Waals surface area contributed by atoms with Crippen molar-refractivity contribution in [1.29, 1.82) is 0 Å². The van der Waals surface area contributed by atoms with Gasteiger partial charge in [-0.2, -0.15) is 8.78 Å². The van der Waals surface area contributed by atoms with Crippen molar-refractivity contribution in [3.8, 4) is 17.1 Å². The molecule has 1 amide bonds. The second kappa shape index (κ2) is 14.3. The fourth-order valence-corrected chi connectivity index (χ4v) is 10.1. The SMILES string of the molecule is CC(F)(F)c1nc(-c2cn(C3CCC(F)(F)CC3)c3cc(O[C@H]4CC[C@H](N5CC(F)(F)C5)CC4)ccc23)ncc1C(=O)NC1CC2CC(C1)CC(C(=O)O)C2. The van der Waals surface area contributed by atoms with E-state index in [1.807, 2.05) is 15.5 Å². The zero-order chi connectivity index (χ0) is 38.9. The van der Waals surface area contributed by atoms with Gasteiger partial charge in [-0.15, -0.1) is 0 Å². The van der Waals surface area contributed by atoms with Crippen LogP contribution >= 0.6 is 0 Å². The number of likely N-dealkylation sites (tertiary alicyclic amines) is 1. The molecule has 1 aliphatic heterocycles. The highest BCUT2D eigenvalue weighted by molar-refractivity contribution is 5.97. The van der Waals surface area contributed by atoms with Gasteiger partial charge < -0.3 is 19.7 Å². The molecule has 4 aliphatic carbocycles. The minimum absolute atomic E-state index is 0.0339. The normalized spacial score (nSPS) is 29.7. The minimum atomic E-state index is -3.51. The van der Waals surface area contributed by atoms with Crippen LogP contribution in [0.15, 0.2) is 30.6 Å². The number of halogens is 6. The van der Waals surface area contributed by atoms with E-state index in [9.17, 15) is 32.3 Å². The molecule has 3 heterocycles. The summed E-state index contributed by atoms with van der Waals surface area (Å²) < 4.78 is 94.2. The third-order valence-corrected chi connectivity index (χ3v) is 12.7. The Bertz CT molecular complexity index is 1910. The van der Waals surface area contributed by atoms with Gasteiger partial charge in [0, 0.05) is 67.3 Å². The largest absolute Gasteiger partial charge is 0.490 e. The second-order valence-corrected chi connectivity index (χ2v) is 17.0. The van der Waals surface area contributed by atoms with Gasteiger partial charge in [0.15, 0.2) is 5.82 Å². The summed E-state index contributed by atoms with van der Waals surface area (Å²) in [6.07, 6.45) is 8.52. The molecule has 4 saturated carbocycles. The van der Waals surface area contributed by atoms with Crippen molar-refractivity contribution in [1.82, 2.24) is 24.8 Å². The summed E-state index contributed by atoms with van der Waals surface area (Å²) in [5.74, 6) is -10.0. The molecule has 0 spiro atoms. The summed E-state index contributed by atoms with van der Waals surface area (Å²) in [5, 5.41) is 13.0. The van der Waals surface area contributed by atoms with E-state index < -0.39 is 41.3 Å². The number of carbonyl (C=O) groups is 2. The molecule has 298 valence electrons. The van der Waals surface area contributed by atoms with Crippen LogP contribution in [0.25, 0.3) is 22.3 Å². The fraction of sp³-hybridized carbons (Fsp3) is 0.650. The van der Waals surface area contributed by atoms with Gasteiger partial charge in [0.05, 0.1) is 36.2 Å². The summed E-state index contributed by atoms with van der Waals surface area (Å²) in [6.45, 7) is 0.263. The van der Waals surface area contributed by atoms with Crippen molar-refractivity contribution in [3.63, 3.8) is 0 Å². The van der Waals surface area contributed by atoms with E-state index in [-0.39, 0.29) is 86.2 Å². The van der Waals surface area contributed by atoms with Gasteiger partial charge in [-0.3, -0.25) is 14.5 Å². The molecule has 55 heavy (non-hydrogen) atoms. The van der Waals surface area contributed by atoms with Crippen LogP contribution in [0.3, 0.4) is 0 Å². The number of benzene rings is 1. The van der Waals surface area contributed by atoms with Gasteiger partial charge in [-0.1, -0.05) is 0 Å². The summed E-state index contributed by atoms with van der Waals surface area (Å²) in [5.41, 5.74) is -0.00626. The van der Waals surface area contributed by atoms with Crippen molar-refractivity contribution in [2.45, 2.75) is 132 Å². The summed E-state index contributed by atoms with van der Waals surface area (Å²) >= 11 is 0. The lowest BCUT2D eigenvalue weighted by Crippen LogP contribution is -2.60. The van der Waals surface area contributed by atoms with Crippen LogP contribution < -0.4 is 10.1 Å². The molecule has 2 bridgehead atoms. The molecule has 15 heteroatoms. The first kappa shape index (κ1) is 38.0. The minimum Gasteiger partial charge on any atom is -0.490 e. The molecule has 2 unspecified atom stereocenters. The molecule has 5 aliphatic rings. The van der Waals surface area contributed by atoms with Crippen LogP contribution in [-0.4, -0.2) is 79.5 Å². The Morgan fingerprint density at radius 2 is 1.58 bits per heavy atom. The van der Waals surface area contributed by atoms with E-state index in [2.05, 4.69) is 15.3 Å². The van der Waals surface area contributed by atoms with E-state index in [0.29, 0.717) is 67.7 Å². The van der Waals surface area contributed by atoms with Gasteiger partial charge in [-0.05, 0) is 94.6 Å². The molecule has 1 saturated heterocycles. The number of carbonyl (C=O) groups excluding carboxylic acids is 1. The number of amides is 1.